The summed E-state index contributed by atoms with van der Waals surface area (Å²) in [6.07, 6.45) is 2.59. The van der Waals surface area contributed by atoms with Gasteiger partial charge in [0.25, 0.3) is 0 Å². The number of sulfonamides is 1. The van der Waals surface area contributed by atoms with Crippen molar-refractivity contribution in [3.8, 4) is 0 Å². The summed E-state index contributed by atoms with van der Waals surface area (Å²) in [4.78, 5) is 12.2. The number of hydrogen-bond acceptors (Lipinski definition) is 5. The first-order valence-electron chi connectivity index (χ1n) is 10.3. The molecule has 0 amide bonds. The van der Waals surface area contributed by atoms with E-state index >= 15 is 0 Å². The number of benzene rings is 2. The molecule has 2 aliphatic rings. The number of nitrogens with one attached hydrogen (secondary N) is 1. The van der Waals surface area contributed by atoms with Crippen molar-refractivity contribution in [2.24, 2.45) is 5.41 Å². The Bertz CT molecular complexity index is 1070. The zero-order chi connectivity index (χ0) is 21.5. The Balaban J connectivity index is 1.67. The molecule has 2 heterocycles. The first-order chi connectivity index (χ1) is 14.2. The molecule has 0 bridgehead atoms. The van der Waals surface area contributed by atoms with Crippen LogP contribution in [-0.2, 0) is 21.2 Å². The molecule has 6 nitrogen and oxygen atoms in total. The molecule has 0 aromatic heterocycles. The van der Waals surface area contributed by atoms with Crippen LogP contribution in [0.15, 0.2) is 47.4 Å². The van der Waals surface area contributed by atoms with E-state index in [2.05, 4.69) is 19.2 Å². The van der Waals surface area contributed by atoms with Crippen molar-refractivity contribution in [1.29, 1.82) is 0 Å². The van der Waals surface area contributed by atoms with Crippen molar-refractivity contribution in [2.75, 3.05) is 25.5 Å². The number of esters is 1. The van der Waals surface area contributed by atoms with Crippen molar-refractivity contribution >= 4 is 21.7 Å². The van der Waals surface area contributed by atoms with Gasteiger partial charge in [0, 0.05) is 18.8 Å². The highest BCUT2D eigenvalue weighted by molar-refractivity contribution is 7.89. The Labute approximate surface area is 178 Å². The van der Waals surface area contributed by atoms with Crippen LogP contribution in [-0.4, -0.2) is 38.9 Å². The van der Waals surface area contributed by atoms with Gasteiger partial charge in [-0.05, 0) is 66.1 Å². The van der Waals surface area contributed by atoms with Crippen molar-refractivity contribution in [2.45, 2.75) is 44.0 Å². The average molecular weight is 429 g/mol. The zero-order valence-corrected chi connectivity index (χ0v) is 18.5. The Morgan fingerprint density at radius 2 is 1.87 bits per heavy atom. The van der Waals surface area contributed by atoms with Crippen molar-refractivity contribution in [3.05, 3.63) is 59.2 Å². The zero-order valence-electron chi connectivity index (χ0n) is 17.6. The van der Waals surface area contributed by atoms with Crippen LogP contribution in [0.5, 0.6) is 0 Å². The van der Waals surface area contributed by atoms with E-state index in [1.807, 2.05) is 24.3 Å². The molecule has 0 spiro atoms. The van der Waals surface area contributed by atoms with Gasteiger partial charge in [0.05, 0.1) is 23.6 Å². The lowest BCUT2D eigenvalue weighted by Crippen LogP contribution is -2.35. The first kappa shape index (κ1) is 20.9. The maximum atomic E-state index is 13.0. The number of carbonyl (C=O) groups excluding carboxylic acids is 1. The van der Waals surface area contributed by atoms with Gasteiger partial charge in [0.2, 0.25) is 10.0 Å². The van der Waals surface area contributed by atoms with Crippen LogP contribution in [0.4, 0.5) is 5.69 Å². The molecule has 160 valence electrons. The molecule has 7 heteroatoms. The number of fused-ring (bicyclic) bond motifs is 1. The minimum absolute atomic E-state index is 0.0531. The van der Waals surface area contributed by atoms with Gasteiger partial charge in [0.15, 0.2) is 0 Å². The van der Waals surface area contributed by atoms with Crippen LogP contribution in [0, 0.1) is 5.41 Å². The summed E-state index contributed by atoms with van der Waals surface area (Å²) in [7, 11) is -2.08. The van der Waals surface area contributed by atoms with Crippen LogP contribution in [0.2, 0.25) is 0 Å². The number of ether oxygens (including phenoxy) is 1. The number of rotatable bonds is 4. The van der Waals surface area contributed by atoms with Crippen molar-refractivity contribution < 1.29 is 17.9 Å². The summed E-state index contributed by atoms with van der Waals surface area (Å²) in [5, 5.41) is 3.58. The lowest BCUT2D eigenvalue weighted by atomic mass is 9.73. The van der Waals surface area contributed by atoms with E-state index in [1.165, 1.54) is 7.11 Å². The van der Waals surface area contributed by atoms with Gasteiger partial charge in [-0.2, -0.15) is 4.31 Å². The Morgan fingerprint density at radius 1 is 1.13 bits per heavy atom. The van der Waals surface area contributed by atoms with E-state index < -0.39 is 10.0 Å². The minimum atomic E-state index is -3.46. The molecule has 1 unspecified atom stereocenters. The summed E-state index contributed by atoms with van der Waals surface area (Å²) in [6.45, 7) is 5.49. The lowest BCUT2D eigenvalue weighted by Gasteiger charge is -2.41. The monoisotopic (exact) mass is 428 g/mol. The highest BCUT2D eigenvalue weighted by atomic mass is 32.2. The maximum Gasteiger partial charge on any atom is 0.337 e. The quantitative estimate of drug-likeness (QED) is 0.745. The molecule has 0 radical (unpaired) electrons. The van der Waals surface area contributed by atoms with E-state index in [-0.39, 0.29) is 17.4 Å². The fourth-order valence-electron chi connectivity index (χ4n) is 4.54. The maximum absolute atomic E-state index is 13.0. The molecule has 1 atom stereocenters. The highest BCUT2D eigenvalue weighted by Crippen LogP contribution is 2.45. The summed E-state index contributed by atoms with van der Waals surface area (Å²) in [5.74, 6) is -0.349. The normalized spacial score (nSPS) is 21.0. The second kappa shape index (κ2) is 7.71. The molecule has 2 aliphatic heterocycles. The first-order valence-corrected chi connectivity index (χ1v) is 11.7. The molecule has 0 aliphatic carbocycles. The highest BCUT2D eigenvalue weighted by Gasteiger charge is 2.37. The third kappa shape index (κ3) is 3.72. The van der Waals surface area contributed by atoms with E-state index in [9.17, 15) is 13.2 Å². The van der Waals surface area contributed by atoms with Gasteiger partial charge in [-0.1, -0.05) is 26.0 Å². The molecule has 4 rings (SSSR count). The van der Waals surface area contributed by atoms with Crippen molar-refractivity contribution in [3.63, 3.8) is 0 Å². The van der Waals surface area contributed by atoms with Crippen LogP contribution >= 0.6 is 0 Å². The largest absolute Gasteiger partial charge is 0.465 e. The Hall–Kier alpha value is -2.38. The predicted octanol–water partition coefficient (Wildman–Crippen LogP) is 3.99. The molecular weight excluding hydrogens is 400 g/mol. The predicted molar refractivity (Wildman–Crippen MR) is 116 cm³/mol. The number of hydrogen-bond donors (Lipinski definition) is 1. The number of carbonyl (C=O) groups is 1. The van der Waals surface area contributed by atoms with E-state index in [0.717, 1.165) is 36.1 Å². The fraction of sp³-hybridized carbons (Fsp3) is 0.435. The van der Waals surface area contributed by atoms with Gasteiger partial charge < -0.3 is 10.1 Å². The summed E-state index contributed by atoms with van der Waals surface area (Å²) in [5.41, 5.74) is 3.31. The smallest absolute Gasteiger partial charge is 0.337 e. The van der Waals surface area contributed by atoms with Crippen molar-refractivity contribution in [1.82, 2.24) is 4.31 Å². The van der Waals surface area contributed by atoms with Crippen LogP contribution in [0.25, 0.3) is 0 Å². The Morgan fingerprint density at radius 3 is 2.57 bits per heavy atom. The van der Waals surface area contributed by atoms with E-state index in [1.54, 1.807) is 22.5 Å². The molecule has 0 saturated carbocycles. The van der Waals surface area contributed by atoms with Gasteiger partial charge in [-0.3, -0.25) is 0 Å². The third-order valence-electron chi connectivity index (χ3n) is 6.15. The van der Waals surface area contributed by atoms with Gasteiger partial charge in [-0.15, -0.1) is 0 Å². The van der Waals surface area contributed by atoms with Gasteiger partial charge in [-0.25, -0.2) is 13.2 Å². The number of nitrogens with zero attached hydrogens (tertiary/aromatic N) is 1. The fourth-order valence-corrected chi connectivity index (χ4v) is 6.11. The molecule has 30 heavy (non-hydrogen) atoms. The molecule has 1 N–H and O–H groups in total. The standard InChI is InChI=1S/C23H28N2O4S/c1-23(2)15-18-13-17(22(26)29-3)9-10-20(18)24-21(23)16-7-6-8-19(14-16)30(27,28)25-11-4-5-12-25/h6-10,13-14,21,24H,4-5,11-12,15H2,1-3H3. The molecule has 1 saturated heterocycles. The summed E-state index contributed by atoms with van der Waals surface area (Å²) < 4.78 is 32.5. The minimum Gasteiger partial charge on any atom is -0.465 e. The van der Waals surface area contributed by atoms with Crippen LogP contribution in [0.3, 0.4) is 0 Å². The SMILES string of the molecule is COC(=O)c1ccc2c(c1)CC(C)(C)C(c1cccc(S(=O)(=O)N3CCCC3)c1)N2. The lowest BCUT2D eigenvalue weighted by molar-refractivity contribution is 0.0600. The summed E-state index contributed by atoms with van der Waals surface area (Å²) in [6, 6.07) is 12.8. The molecular formula is C23H28N2O4S. The molecule has 2 aromatic carbocycles. The Kier molecular flexibility index (Phi) is 5.36. The third-order valence-corrected chi connectivity index (χ3v) is 8.04. The van der Waals surface area contributed by atoms with Gasteiger partial charge in [0.1, 0.15) is 0 Å². The average Bonchev–Trinajstić information content (AvgIpc) is 3.27. The van der Waals surface area contributed by atoms with Crippen LogP contribution in [0.1, 0.15) is 54.2 Å². The van der Waals surface area contributed by atoms with E-state index in [4.69, 9.17) is 4.74 Å². The second-order valence-electron chi connectivity index (χ2n) is 8.79. The number of methoxy groups -OCH3 is 1. The topological polar surface area (TPSA) is 75.7 Å². The van der Waals surface area contributed by atoms with Crippen LogP contribution < -0.4 is 5.32 Å². The number of anilines is 1. The second-order valence-corrected chi connectivity index (χ2v) is 10.7. The summed E-state index contributed by atoms with van der Waals surface area (Å²) >= 11 is 0. The molecule has 1 fully saturated rings. The van der Waals surface area contributed by atoms with Gasteiger partial charge >= 0.3 is 5.97 Å². The molecule has 2 aromatic rings. The van der Waals surface area contributed by atoms with E-state index in [0.29, 0.717) is 23.5 Å².